The molecule has 0 radical (unpaired) electrons. The van der Waals surface area contributed by atoms with Crippen LogP contribution in [0.15, 0.2) is 24.3 Å². The summed E-state index contributed by atoms with van der Waals surface area (Å²) in [5.74, 6) is -0.936. The number of carbonyl (C=O) groups excluding carboxylic acids is 2. The summed E-state index contributed by atoms with van der Waals surface area (Å²) in [7, 11) is 0. The molecule has 0 bridgehead atoms. The second-order valence-corrected chi connectivity index (χ2v) is 5.66. The zero-order valence-corrected chi connectivity index (χ0v) is 12.3. The van der Waals surface area contributed by atoms with E-state index in [9.17, 15) is 9.59 Å². The predicted molar refractivity (Wildman–Crippen MR) is 76.6 cm³/mol. The first-order valence-electron chi connectivity index (χ1n) is 6.59. The lowest BCUT2D eigenvalue weighted by Crippen LogP contribution is -2.48. The van der Waals surface area contributed by atoms with Crippen molar-refractivity contribution in [2.24, 2.45) is 5.92 Å². The van der Waals surface area contributed by atoms with Gasteiger partial charge in [-0.3, -0.25) is 4.79 Å². The number of nitrogens with zero attached hydrogens (tertiary/aromatic N) is 1. The Morgan fingerprint density at radius 3 is 2.81 bits per heavy atom. The Bertz CT molecular complexity index is 607. The topological polar surface area (TPSA) is 79.2 Å². The summed E-state index contributed by atoms with van der Waals surface area (Å²) in [4.78, 5) is 23.5. The highest BCUT2D eigenvalue weighted by Gasteiger charge is 2.43. The molecule has 6 heteroatoms. The SMILES string of the molecule is C[C@@](C#N)(NC(=O)COC(=O)c1cccc(Cl)c1)C1CC1. The minimum atomic E-state index is -0.889. The second kappa shape index (κ2) is 6.15. The summed E-state index contributed by atoms with van der Waals surface area (Å²) in [6.07, 6.45) is 1.85. The van der Waals surface area contributed by atoms with E-state index in [-0.39, 0.29) is 11.5 Å². The van der Waals surface area contributed by atoms with Crippen LogP contribution in [-0.2, 0) is 9.53 Å². The van der Waals surface area contributed by atoms with Crippen LogP contribution in [0.3, 0.4) is 0 Å². The molecule has 1 aromatic rings. The van der Waals surface area contributed by atoms with Crippen molar-refractivity contribution in [1.29, 1.82) is 5.26 Å². The molecule has 2 rings (SSSR count). The van der Waals surface area contributed by atoms with Crippen molar-refractivity contribution in [3.8, 4) is 6.07 Å². The van der Waals surface area contributed by atoms with Gasteiger partial charge in [0.2, 0.25) is 0 Å². The Hall–Kier alpha value is -2.06. The van der Waals surface area contributed by atoms with Crippen LogP contribution in [0.2, 0.25) is 5.02 Å². The van der Waals surface area contributed by atoms with Crippen LogP contribution in [0, 0.1) is 17.2 Å². The third-order valence-corrected chi connectivity index (χ3v) is 3.65. The number of amides is 1. The Morgan fingerprint density at radius 1 is 1.52 bits per heavy atom. The minimum absolute atomic E-state index is 0.176. The zero-order chi connectivity index (χ0) is 15.5. The molecule has 1 aromatic carbocycles. The first kappa shape index (κ1) is 15.3. The van der Waals surface area contributed by atoms with Crippen molar-refractivity contribution in [3.05, 3.63) is 34.9 Å². The molecule has 21 heavy (non-hydrogen) atoms. The lowest BCUT2D eigenvalue weighted by atomic mass is 9.98. The van der Waals surface area contributed by atoms with Gasteiger partial charge >= 0.3 is 5.97 Å². The van der Waals surface area contributed by atoms with E-state index in [1.165, 1.54) is 6.07 Å². The Labute approximate surface area is 127 Å². The Kier molecular flexibility index (Phi) is 4.49. The molecule has 1 saturated carbocycles. The highest BCUT2D eigenvalue weighted by molar-refractivity contribution is 6.30. The number of rotatable bonds is 5. The number of esters is 1. The molecule has 1 aliphatic rings. The van der Waals surface area contributed by atoms with Gasteiger partial charge in [0.25, 0.3) is 5.91 Å². The maximum atomic E-state index is 11.8. The molecule has 1 atom stereocenters. The number of ether oxygens (including phenoxy) is 1. The van der Waals surface area contributed by atoms with Gasteiger partial charge < -0.3 is 10.1 Å². The molecule has 0 heterocycles. The summed E-state index contributed by atoms with van der Waals surface area (Å²) in [5, 5.41) is 12.2. The molecule has 0 unspecified atom stereocenters. The number of nitriles is 1. The fourth-order valence-electron chi connectivity index (χ4n) is 2.04. The summed E-state index contributed by atoms with van der Waals surface area (Å²) >= 11 is 5.78. The molecule has 0 aliphatic heterocycles. The molecule has 5 nitrogen and oxygen atoms in total. The van der Waals surface area contributed by atoms with Crippen LogP contribution >= 0.6 is 11.6 Å². The van der Waals surface area contributed by atoms with E-state index in [1.807, 2.05) is 0 Å². The van der Waals surface area contributed by atoms with Gasteiger partial charge in [0.05, 0.1) is 11.6 Å². The van der Waals surface area contributed by atoms with Crippen LogP contribution in [0.1, 0.15) is 30.1 Å². The average molecular weight is 307 g/mol. The summed E-state index contributed by atoms with van der Waals surface area (Å²) in [6.45, 7) is 1.26. The molecule has 110 valence electrons. The van der Waals surface area contributed by atoms with E-state index in [4.69, 9.17) is 21.6 Å². The first-order valence-corrected chi connectivity index (χ1v) is 6.97. The number of hydrogen-bond acceptors (Lipinski definition) is 4. The average Bonchev–Trinajstić information content (AvgIpc) is 3.29. The van der Waals surface area contributed by atoms with Crippen molar-refractivity contribution in [1.82, 2.24) is 5.32 Å². The number of nitrogens with one attached hydrogen (secondary N) is 1. The van der Waals surface area contributed by atoms with Gasteiger partial charge in [0, 0.05) is 5.02 Å². The van der Waals surface area contributed by atoms with Crippen molar-refractivity contribution in [2.45, 2.75) is 25.3 Å². The van der Waals surface area contributed by atoms with Crippen LogP contribution in [0.25, 0.3) is 0 Å². The van der Waals surface area contributed by atoms with Gasteiger partial charge in [-0.25, -0.2) is 4.79 Å². The van der Waals surface area contributed by atoms with E-state index in [0.717, 1.165) is 12.8 Å². The number of halogens is 1. The largest absolute Gasteiger partial charge is 0.452 e. The fraction of sp³-hybridized carbons (Fsp3) is 0.400. The molecule has 1 N–H and O–H groups in total. The highest BCUT2D eigenvalue weighted by atomic mass is 35.5. The van der Waals surface area contributed by atoms with Crippen LogP contribution < -0.4 is 5.32 Å². The lowest BCUT2D eigenvalue weighted by molar-refractivity contribution is -0.125. The predicted octanol–water partition coefficient (Wildman–Crippen LogP) is 2.31. The van der Waals surface area contributed by atoms with E-state index in [0.29, 0.717) is 5.02 Å². The highest BCUT2D eigenvalue weighted by Crippen LogP contribution is 2.39. The van der Waals surface area contributed by atoms with Gasteiger partial charge in [-0.15, -0.1) is 0 Å². The number of benzene rings is 1. The first-order chi connectivity index (χ1) is 9.94. The summed E-state index contributed by atoms with van der Waals surface area (Å²) < 4.78 is 4.92. The van der Waals surface area contributed by atoms with Gasteiger partial charge in [-0.2, -0.15) is 5.26 Å². The summed E-state index contributed by atoms with van der Waals surface area (Å²) in [6, 6.07) is 8.38. The maximum absolute atomic E-state index is 11.8. The minimum Gasteiger partial charge on any atom is -0.452 e. The second-order valence-electron chi connectivity index (χ2n) is 5.22. The molecular weight excluding hydrogens is 292 g/mol. The van der Waals surface area contributed by atoms with Gasteiger partial charge in [0.15, 0.2) is 6.61 Å². The van der Waals surface area contributed by atoms with Crippen LogP contribution in [0.4, 0.5) is 0 Å². The Morgan fingerprint density at radius 2 is 2.24 bits per heavy atom. The van der Waals surface area contributed by atoms with Crippen molar-refractivity contribution in [3.63, 3.8) is 0 Å². The monoisotopic (exact) mass is 306 g/mol. The maximum Gasteiger partial charge on any atom is 0.338 e. The molecule has 0 spiro atoms. The zero-order valence-electron chi connectivity index (χ0n) is 11.6. The van der Waals surface area contributed by atoms with Gasteiger partial charge in [0.1, 0.15) is 5.54 Å². The standard InChI is InChI=1S/C15H15ClN2O3/c1-15(9-17,11-5-6-11)18-13(19)8-21-14(20)10-3-2-4-12(16)7-10/h2-4,7,11H,5-6,8H2,1H3,(H,18,19)/t15-/m0/s1. The molecule has 1 fully saturated rings. The van der Waals surface area contributed by atoms with E-state index < -0.39 is 24.0 Å². The fourth-order valence-corrected chi connectivity index (χ4v) is 2.23. The third-order valence-electron chi connectivity index (χ3n) is 3.42. The lowest BCUT2D eigenvalue weighted by Gasteiger charge is -2.22. The van der Waals surface area contributed by atoms with Crippen molar-refractivity contribution in [2.75, 3.05) is 6.61 Å². The summed E-state index contributed by atoms with van der Waals surface area (Å²) in [5.41, 5.74) is -0.611. The molecule has 1 amide bonds. The number of hydrogen-bond donors (Lipinski definition) is 1. The van der Waals surface area contributed by atoms with E-state index in [2.05, 4.69) is 11.4 Å². The Balaban J connectivity index is 1.87. The van der Waals surface area contributed by atoms with E-state index in [1.54, 1.807) is 25.1 Å². The normalized spacial score (nSPS) is 16.4. The van der Waals surface area contributed by atoms with Gasteiger partial charge in [-0.05, 0) is 43.9 Å². The number of carbonyl (C=O) groups is 2. The quantitative estimate of drug-likeness (QED) is 0.847. The van der Waals surface area contributed by atoms with E-state index >= 15 is 0 Å². The van der Waals surface area contributed by atoms with Crippen LogP contribution in [-0.4, -0.2) is 24.0 Å². The van der Waals surface area contributed by atoms with Crippen molar-refractivity contribution < 1.29 is 14.3 Å². The molecule has 1 aliphatic carbocycles. The van der Waals surface area contributed by atoms with Crippen LogP contribution in [0.5, 0.6) is 0 Å². The molecule has 0 aromatic heterocycles. The van der Waals surface area contributed by atoms with Crippen molar-refractivity contribution >= 4 is 23.5 Å². The van der Waals surface area contributed by atoms with Gasteiger partial charge in [-0.1, -0.05) is 17.7 Å². The molecule has 0 saturated heterocycles. The molecular formula is C15H15ClN2O3. The smallest absolute Gasteiger partial charge is 0.338 e. The third kappa shape index (κ3) is 3.96.